The van der Waals surface area contributed by atoms with Gasteiger partial charge in [0.15, 0.2) is 0 Å². The first kappa shape index (κ1) is 14.6. The van der Waals surface area contributed by atoms with Crippen LogP contribution in [-0.2, 0) is 0 Å². The van der Waals surface area contributed by atoms with Crippen molar-refractivity contribution in [2.75, 3.05) is 13.2 Å². The van der Waals surface area contributed by atoms with Gasteiger partial charge in [0.2, 0.25) is 0 Å². The molecule has 2 atom stereocenters. The van der Waals surface area contributed by atoms with Gasteiger partial charge in [-0.1, -0.05) is 6.92 Å². The highest BCUT2D eigenvalue weighted by atomic mass is 16.3. The Labute approximate surface area is 103 Å². The van der Waals surface area contributed by atoms with Gasteiger partial charge in [0, 0.05) is 31.9 Å². The maximum absolute atomic E-state index is 11.4. The van der Waals surface area contributed by atoms with E-state index in [4.69, 9.17) is 5.11 Å². The molecule has 0 bridgehead atoms. The molecule has 0 aromatic carbocycles. The molecule has 102 valence electrons. The number of nitrogens with zero attached hydrogens (tertiary/aromatic N) is 1. The number of nitrogens with one attached hydrogen (secondary N) is 1. The summed E-state index contributed by atoms with van der Waals surface area (Å²) in [6.45, 7) is 1.36. The third kappa shape index (κ3) is 3.52. The van der Waals surface area contributed by atoms with E-state index in [-0.39, 0.29) is 19.6 Å². The average Bonchev–Trinajstić information content (AvgIpc) is 2.28. The first-order valence-corrected chi connectivity index (χ1v) is 5.63. The highest BCUT2D eigenvalue weighted by molar-refractivity contribution is 4.85. The molecule has 0 radical (unpaired) electrons. The topological polar surface area (TPSA) is 116 Å². The molecule has 0 aliphatic rings. The monoisotopic (exact) mass is 258 g/mol. The average molecular weight is 258 g/mol. The SMILES string of the molecule is C[C@@](CO)(CCO)C[C@@H](O)n1ccc(=O)[nH]c1=O. The van der Waals surface area contributed by atoms with Crippen molar-refractivity contribution < 1.29 is 15.3 Å². The summed E-state index contributed by atoms with van der Waals surface area (Å²) >= 11 is 0. The number of hydrogen-bond acceptors (Lipinski definition) is 5. The molecule has 0 saturated heterocycles. The van der Waals surface area contributed by atoms with E-state index in [0.29, 0.717) is 6.42 Å². The molecule has 7 nitrogen and oxygen atoms in total. The van der Waals surface area contributed by atoms with E-state index >= 15 is 0 Å². The predicted molar refractivity (Wildman–Crippen MR) is 64.1 cm³/mol. The molecule has 0 aliphatic carbocycles. The number of aromatic nitrogens is 2. The van der Waals surface area contributed by atoms with Gasteiger partial charge in [0.1, 0.15) is 6.23 Å². The van der Waals surface area contributed by atoms with E-state index in [2.05, 4.69) is 0 Å². The van der Waals surface area contributed by atoms with Gasteiger partial charge < -0.3 is 15.3 Å². The van der Waals surface area contributed by atoms with Gasteiger partial charge in [-0.3, -0.25) is 14.3 Å². The van der Waals surface area contributed by atoms with E-state index in [1.165, 1.54) is 6.20 Å². The van der Waals surface area contributed by atoms with Crippen molar-refractivity contribution in [1.29, 1.82) is 0 Å². The molecule has 4 N–H and O–H groups in total. The van der Waals surface area contributed by atoms with Crippen LogP contribution >= 0.6 is 0 Å². The van der Waals surface area contributed by atoms with Crippen molar-refractivity contribution in [2.24, 2.45) is 5.41 Å². The van der Waals surface area contributed by atoms with Crippen molar-refractivity contribution >= 4 is 0 Å². The zero-order valence-corrected chi connectivity index (χ0v) is 10.2. The Morgan fingerprint density at radius 1 is 1.44 bits per heavy atom. The Morgan fingerprint density at radius 2 is 2.11 bits per heavy atom. The van der Waals surface area contributed by atoms with Crippen LogP contribution in [0, 0.1) is 5.41 Å². The van der Waals surface area contributed by atoms with Crippen LogP contribution in [0.3, 0.4) is 0 Å². The van der Waals surface area contributed by atoms with Crippen LogP contribution in [-0.4, -0.2) is 38.1 Å². The molecule has 0 aliphatic heterocycles. The highest BCUT2D eigenvalue weighted by Crippen LogP contribution is 2.29. The summed E-state index contributed by atoms with van der Waals surface area (Å²) in [5.74, 6) is 0. The summed E-state index contributed by atoms with van der Waals surface area (Å²) in [5.41, 5.74) is -1.94. The smallest absolute Gasteiger partial charge is 0.330 e. The lowest BCUT2D eigenvalue weighted by Gasteiger charge is -2.29. The molecule has 0 amide bonds. The molecule has 1 aromatic rings. The molecule has 0 spiro atoms. The van der Waals surface area contributed by atoms with Crippen molar-refractivity contribution in [1.82, 2.24) is 9.55 Å². The van der Waals surface area contributed by atoms with Crippen molar-refractivity contribution in [3.63, 3.8) is 0 Å². The first-order chi connectivity index (χ1) is 8.41. The van der Waals surface area contributed by atoms with Crippen LogP contribution in [0.2, 0.25) is 0 Å². The fourth-order valence-electron chi connectivity index (χ4n) is 1.72. The molecule has 1 heterocycles. The second-order valence-corrected chi connectivity index (χ2v) is 4.64. The molecule has 0 unspecified atom stereocenters. The summed E-state index contributed by atoms with van der Waals surface area (Å²) < 4.78 is 0.979. The van der Waals surface area contributed by atoms with Gasteiger partial charge in [0.25, 0.3) is 5.56 Å². The summed E-state index contributed by atoms with van der Waals surface area (Å²) in [5, 5.41) is 28.1. The number of aliphatic hydroxyl groups is 3. The second kappa shape index (κ2) is 5.94. The lowest BCUT2D eigenvalue weighted by Crippen LogP contribution is -2.35. The first-order valence-electron chi connectivity index (χ1n) is 5.63. The number of hydrogen-bond donors (Lipinski definition) is 4. The lowest BCUT2D eigenvalue weighted by atomic mass is 9.84. The Balaban J connectivity index is 2.90. The van der Waals surface area contributed by atoms with E-state index in [1.54, 1.807) is 6.92 Å². The largest absolute Gasteiger partial charge is 0.396 e. The number of H-pyrrole nitrogens is 1. The number of aliphatic hydroxyl groups excluding tert-OH is 3. The summed E-state index contributed by atoms with van der Waals surface area (Å²) in [6, 6.07) is 1.13. The standard InChI is InChI=1S/C11H18N2O5/c1-11(7-15,3-5-14)6-9(17)13-4-2-8(16)12-10(13)18/h2,4,9,14-15,17H,3,5-7H2,1H3,(H,12,16,18)/t9-,11-/m1/s1. The molecule has 7 heteroatoms. The highest BCUT2D eigenvalue weighted by Gasteiger charge is 2.27. The third-order valence-electron chi connectivity index (χ3n) is 2.94. The molecule has 18 heavy (non-hydrogen) atoms. The maximum atomic E-state index is 11.4. The van der Waals surface area contributed by atoms with Gasteiger partial charge in [-0.05, 0) is 11.8 Å². The predicted octanol–water partition coefficient (Wildman–Crippen LogP) is -1.20. The van der Waals surface area contributed by atoms with Gasteiger partial charge in [0.05, 0.1) is 0 Å². The zero-order valence-electron chi connectivity index (χ0n) is 10.2. The maximum Gasteiger partial charge on any atom is 0.330 e. The van der Waals surface area contributed by atoms with E-state index in [1.807, 2.05) is 4.98 Å². The van der Waals surface area contributed by atoms with Gasteiger partial charge in [-0.25, -0.2) is 4.79 Å². The van der Waals surface area contributed by atoms with Gasteiger partial charge >= 0.3 is 5.69 Å². The van der Waals surface area contributed by atoms with Crippen LogP contribution in [0.15, 0.2) is 21.9 Å². The van der Waals surface area contributed by atoms with Crippen molar-refractivity contribution in [3.8, 4) is 0 Å². The van der Waals surface area contributed by atoms with E-state index < -0.39 is 22.9 Å². The zero-order chi connectivity index (χ0) is 13.8. The molecule has 0 fully saturated rings. The minimum atomic E-state index is -1.17. The Bertz CT molecular complexity index is 495. The van der Waals surface area contributed by atoms with Crippen LogP contribution in [0.25, 0.3) is 0 Å². The summed E-state index contributed by atoms with van der Waals surface area (Å²) in [4.78, 5) is 24.4. The van der Waals surface area contributed by atoms with Gasteiger partial charge in [-0.15, -0.1) is 0 Å². The van der Waals surface area contributed by atoms with Crippen LogP contribution in [0.4, 0.5) is 0 Å². The Kier molecular flexibility index (Phi) is 4.83. The Hall–Kier alpha value is -1.44. The minimum Gasteiger partial charge on any atom is -0.396 e. The van der Waals surface area contributed by atoms with Crippen LogP contribution in [0.5, 0.6) is 0 Å². The fourth-order valence-corrected chi connectivity index (χ4v) is 1.72. The van der Waals surface area contributed by atoms with Crippen molar-refractivity contribution in [2.45, 2.75) is 26.0 Å². The van der Waals surface area contributed by atoms with Crippen molar-refractivity contribution in [3.05, 3.63) is 33.1 Å². The lowest BCUT2D eigenvalue weighted by molar-refractivity contribution is 0.00671. The minimum absolute atomic E-state index is 0.0933. The second-order valence-electron chi connectivity index (χ2n) is 4.64. The van der Waals surface area contributed by atoms with E-state index in [9.17, 15) is 19.8 Å². The normalized spacial score (nSPS) is 16.2. The van der Waals surface area contributed by atoms with Gasteiger partial charge in [-0.2, -0.15) is 0 Å². The Morgan fingerprint density at radius 3 is 2.61 bits per heavy atom. The molecule has 1 aromatic heterocycles. The quantitative estimate of drug-likeness (QED) is 0.511. The molecule has 1 rings (SSSR count). The summed E-state index contributed by atoms with van der Waals surface area (Å²) in [7, 11) is 0. The molecule has 0 saturated carbocycles. The molecular weight excluding hydrogens is 240 g/mol. The van der Waals surface area contributed by atoms with E-state index in [0.717, 1.165) is 10.6 Å². The van der Waals surface area contributed by atoms with Crippen LogP contribution in [0.1, 0.15) is 26.0 Å². The van der Waals surface area contributed by atoms with Crippen LogP contribution < -0.4 is 11.2 Å². The fraction of sp³-hybridized carbons (Fsp3) is 0.636. The number of aromatic amines is 1. The number of rotatable bonds is 6. The molecular formula is C11H18N2O5. The summed E-state index contributed by atoms with van der Waals surface area (Å²) in [6.07, 6.45) is 0.426. The third-order valence-corrected chi connectivity index (χ3v) is 2.94.